The summed E-state index contributed by atoms with van der Waals surface area (Å²) < 4.78 is 40.9. The Morgan fingerprint density at radius 3 is 2.56 bits per heavy atom. The average molecular weight is 440 g/mol. The highest BCUT2D eigenvalue weighted by atomic mass is 19.4. The Hall–Kier alpha value is -3.16. The number of alkyl halides is 3. The molecule has 32 heavy (non-hydrogen) atoms. The number of hydrogen-bond acceptors (Lipinski definition) is 3. The summed E-state index contributed by atoms with van der Waals surface area (Å²) in [5.41, 5.74) is 3.79. The molecular weight excluding hydrogens is 417 g/mol. The molecule has 0 bridgehead atoms. The number of halogens is 3. The van der Waals surface area contributed by atoms with Gasteiger partial charge in [0.05, 0.1) is 5.52 Å². The second-order valence-electron chi connectivity index (χ2n) is 8.39. The van der Waals surface area contributed by atoms with Gasteiger partial charge in [0.15, 0.2) is 0 Å². The number of likely N-dealkylation sites (tertiary alicyclic amines) is 1. The molecular formula is C24H23F3N4O. The number of allylic oxidation sites excluding steroid dienone is 1. The first-order valence-corrected chi connectivity index (χ1v) is 10.9. The first kappa shape index (κ1) is 20.7. The summed E-state index contributed by atoms with van der Waals surface area (Å²) in [7, 11) is 0. The molecule has 166 valence electrons. The lowest BCUT2D eigenvalue weighted by molar-refractivity contribution is -0.141. The molecule has 0 spiro atoms. The second-order valence-corrected chi connectivity index (χ2v) is 8.39. The number of carbonyl (C=O) groups is 1. The Labute approximate surface area is 183 Å². The molecule has 0 atom stereocenters. The Morgan fingerprint density at radius 1 is 1.06 bits per heavy atom. The lowest BCUT2D eigenvalue weighted by Gasteiger charge is -2.19. The van der Waals surface area contributed by atoms with Gasteiger partial charge in [0.2, 0.25) is 0 Å². The minimum atomic E-state index is -4.43. The summed E-state index contributed by atoms with van der Waals surface area (Å²) in [5.74, 6) is -0.236. The van der Waals surface area contributed by atoms with Crippen molar-refractivity contribution in [1.82, 2.24) is 19.7 Å². The number of amides is 1. The van der Waals surface area contributed by atoms with Crippen molar-refractivity contribution in [3.05, 3.63) is 65.1 Å². The maximum atomic E-state index is 13.3. The first-order chi connectivity index (χ1) is 15.4. The average Bonchev–Trinajstić information content (AvgIpc) is 3.21. The van der Waals surface area contributed by atoms with E-state index in [1.807, 2.05) is 30.3 Å². The quantitative estimate of drug-likeness (QED) is 0.576. The van der Waals surface area contributed by atoms with Gasteiger partial charge in [-0.25, -0.2) is 0 Å². The fourth-order valence-electron chi connectivity index (χ4n) is 4.62. The maximum absolute atomic E-state index is 13.3. The fraction of sp³-hybridized carbons (Fsp3) is 0.375. The topological polar surface area (TPSA) is 51.0 Å². The van der Waals surface area contributed by atoms with Crippen LogP contribution in [0.4, 0.5) is 13.2 Å². The normalized spacial score (nSPS) is 16.7. The lowest BCUT2D eigenvalue weighted by Crippen LogP contribution is -2.32. The van der Waals surface area contributed by atoms with Gasteiger partial charge in [0, 0.05) is 30.2 Å². The number of pyridine rings is 1. The van der Waals surface area contributed by atoms with Gasteiger partial charge < -0.3 is 4.90 Å². The molecule has 0 N–H and O–H groups in total. The summed E-state index contributed by atoms with van der Waals surface area (Å²) in [4.78, 5) is 19.1. The van der Waals surface area contributed by atoms with E-state index >= 15 is 0 Å². The van der Waals surface area contributed by atoms with Crippen LogP contribution in [0.25, 0.3) is 16.5 Å². The number of rotatable bonds is 3. The zero-order valence-electron chi connectivity index (χ0n) is 17.5. The van der Waals surface area contributed by atoms with Crippen molar-refractivity contribution in [3.63, 3.8) is 0 Å². The predicted octanol–water partition coefficient (Wildman–Crippen LogP) is 5.00. The molecule has 5 nitrogen and oxygen atoms in total. The van der Waals surface area contributed by atoms with Gasteiger partial charge in [0.25, 0.3) is 5.91 Å². The molecule has 1 fully saturated rings. The van der Waals surface area contributed by atoms with E-state index in [4.69, 9.17) is 0 Å². The maximum Gasteiger partial charge on any atom is 0.408 e. The highest BCUT2D eigenvalue weighted by Gasteiger charge is 2.31. The van der Waals surface area contributed by atoms with E-state index < -0.39 is 12.7 Å². The van der Waals surface area contributed by atoms with Gasteiger partial charge in [-0.05, 0) is 36.5 Å². The third kappa shape index (κ3) is 3.89. The lowest BCUT2D eigenvalue weighted by atomic mass is 10.0. The number of hydrogen-bond donors (Lipinski definition) is 0. The zero-order chi connectivity index (χ0) is 22.3. The van der Waals surface area contributed by atoms with Crippen LogP contribution in [-0.2, 0) is 13.0 Å². The zero-order valence-corrected chi connectivity index (χ0v) is 17.5. The third-order valence-electron chi connectivity index (χ3n) is 6.17. The molecule has 1 amide bonds. The van der Waals surface area contributed by atoms with Crippen molar-refractivity contribution in [2.45, 2.75) is 44.8 Å². The van der Waals surface area contributed by atoms with Crippen LogP contribution in [0.15, 0.2) is 42.6 Å². The Kier molecular flexibility index (Phi) is 5.23. The van der Waals surface area contributed by atoms with Crippen molar-refractivity contribution in [3.8, 4) is 0 Å². The summed E-state index contributed by atoms with van der Waals surface area (Å²) >= 11 is 0. The van der Waals surface area contributed by atoms with E-state index in [1.54, 1.807) is 4.90 Å². The molecule has 3 aromatic rings. The SMILES string of the molecule is O=C(c1cc2c(cn1)c(C1=CCc3ccccc31)nn2CC(F)(F)F)N1CCCCCC1. The van der Waals surface area contributed by atoms with Crippen LogP contribution < -0.4 is 0 Å². The van der Waals surface area contributed by atoms with Crippen molar-refractivity contribution < 1.29 is 18.0 Å². The molecule has 1 aliphatic heterocycles. The number of carbonyl (C=O) groups excluding carboxylic acids is 1. The van der Waals surface area contributed by atoms with Crippen LogP contribution in [0.3, 0.4) is 0 Å². The van der Waals surface area contributed by atoms with E-state index in [0.29, 0.717) is 30.6 Å². The van der Waals surface area contributed by atoms with Gasteiger partial charge in [0.1, 0.15) is 17.9 Å². The minimum absolute atomic E-state index is 0.162. The van der Waals surface area contributed by atoms with E-state index in [9.17, 15) is 18.0 Å². The molecule has 8 heteroatoms. The van der Waals surface area contributed by atoms with Gasteiger partial charge in [-0.3, -0.25) is 14.5 Å². The van der Waals surface area contributed by atoms with Crippen LogP contribution in [0.2, 0.25) is 0 Å². The van der Waals surface area contributed by atoms with E-state index in [0.717, 1.165) is 47.1 Å². The molecule has 2 aromatic heterocycles. The molecule has 0 saturated carbocycles. The van der Waals surface area contributed by atoms with Crippen molar-refractivity contribution >= 4 is 22.4 Å². The summed E-state index contributed by atoms with van der Waals surface area (Å²) in [6.07, 6.45) is 3.77. The highest BCUT2D eigenvalue weighted by molar-refractivity contribution is 6.00. The molecule has 1 saturated heterocycles. The number of fused-ring (bicyclic) bond motifs is 2. The number of nitrogens with zero attached hydrogens (tertiary/aromatic N) is 4. The minimum Gasteiger partial charge on any atom is -0.337 e. The Balaban J connectivity index is 1.59. The fourth-order valence-corrected chi connectivity index (χ4v) is 4.62. The van der Waals surface area contributed by atoms with Crippen molar-refractivity contribution in [2.75, 3.05) is 13.1 Å². The molecule has 2 aliphatic rings. The van der Waals surface area contributed by atoms with Crippen LogP contribution in [0.5, 0.6) is 0 Å². The van der Waals surface area contributed by atoms with E-state index in [-0.39, 0.29) is 17.1 Å². The summed E-state index contributed by atoms with van der Waals surface area (Å²) in [6.45, 7) is 0.0738. The number of benzene rings is 1. The van der Waals surface area contributed by atoms with E-state index in [1.165, 1.54) is 12.3 Å². The summed E-state index contributed by atoms with van der Waals surface area (Å²) in [5, 5.41) is 4.87. The van der Waals surface area contributed by atoms with Crippen LogP contribution >= 0.6 is 0 Å². The molecule has 1 aromatic carbocycles. The summed E-state index contributed by atoms with van der Waals surface area (Å²) in [6, 6.07) is 9.27. The smallest absolute Gasteiger partial charge is 0.337 e. The second kappa shape index (κ2) is 8.07. The molecule has 1 aliphatic carbocycles. The van der Waals surface area contributed by atoms with E-state index in [2.05, 4.69) is 10.1 Å². The third-order valence-corrected chi connectivity index (χ3v) is 6.17. The Bertz CT molecular complexity index is 1200. The van der Waals surface area contributed by atoms with Gasteiger partial charge in [-0.2, -0.15) is 18.3 Å². The van der Waals surface area contributed by atoms with Crippen LogP contribution in [0, 0.1) is 0 Å². The molecule has 0 unspecified atom stereocenters. The van der Waals surface area contributed by atoms with Crippen molar-refractivity contribution in [2.24, 2.45) is 0 Å². The Morgan fingerprint density at radius 2 is 1.81 bits per heavy atom. The van der Waals surface area contributed by atoms with Crippen molar-refractivity contribution in [1.29, 1.82) is 0 Å². The molecule has 5 rings (SSSR count). The monoisotopic (exact) mass is 440 g/mol. The highest BCUT2D eigenvalue weighted by Crippen LogP contribution is 2.36. The first-order valence-electron chi connectivity index (χ1n) is 10.9. The van der Waals surface area contributed by atoms with Gasteiger partial charge in [-0.1, -0.05) is 43.2 Å². The predicted molar refractivity (Wildman–Crippen MR) is 115 cm³/mol. The molecule has 3 heterocycles. The standard InChI is InChI=1S/C24H23F3N4O/c25-24(26,27)15-31-21-13-20(23(32)30-11-5-1-2-6-12-30)28-14-19(21)22(29-31)18-10-9-16-7-3-4-8-17(16)18/h3-4,7-8,10,13-14H,1-2,5-6,9,11-12,15H2. The van der Waals surface area contributed by atoms with Crippen LogP contribution in [0.1, 0.15) is 53.0 Å². The largest absolute Gasteiger partial charge is 0.408 e. The molecule has 0 radical (unpaired) electrons. The van der Waals surface area contributed by atoms with Crippen LogP contribution in [-0.4, -0.2) is 44.8 Å². The van der Waals surface area contributed by atoms with Gasteiger partial charge in [-0.15, -0.1) is 0 Å². The number of aromatic nitrogens is 3. The van der Waals surface area contributed by atoms with Gasteiger partial charge >= 0.3 is 6.18 Å².